The maximum absolute atomic E-state index is 12.4. The third-order valence-electron chi connectivity index (χ3n) is 4.08. The van der Waals surface area contributed by atoms with Gasteiger partial charge >= 0.3 is 6.03 Å². The molecule has 1 aliphatic heterocycles. The first-order chi connectivity index (χ1) is 11.1. The molecule has 2 aromatic rings. The number of nitrogens with zero attached hydrogens (tertiary/aromatic N) is 1. The van der Waals surface area contributed by atoms with Gasteiger partial charge in [0.2, 0.25) is 0 Å². The molecule has 0 unspecified atom stereocenters. The van der Waals surface area contributed by atoms with Gasteiger partial charge in [0.25, 0.3) is 0 Å². The van der Waals surface area contributed by atoms with Crippen LogP contribution in [0.15, 0.2) is 40.8 Å². The molecule has 5 heteroatoms. The number of para-hydroxylation sites is 1. The van der Waals surface area contributed by atoms with E-state index in [2.05, 4.69) is 5.32 Å². The second-order valence-electron chi connectivity index (χ2n) is 6.00. The number of rotatable bonds is 4. The van der Waals surface area contributed by atoms with Crippen LogP contribution >= 0.6 is 0 Å². The largest absolute Gasteiger partial charge is 0.461 e. The van der Waals surface area contributed by atoms with Gasteiger partial charge in [0.05, 0.1) is 12.3 Å². The van der Waals surface area contributed by atoms with Gasteiger partial charge in [0, 0.05) is 31.7 Å². The predicted molar refractivity (Wildman–Crippen MR) is 89.5 cm³/mol. The summed E-state index contributed by atoms with van der Waals surface area (Å²) in [6, 6.07) is 11.4. The number of carbonyl (C=O) groups excluding carboxylic acids is 1. The van der Waals surface area contributed by atoms with Crippen LogP contribution in [-0.4, -0.2) is 37.7 Å². The Balaban J connectivity index is 1.71. The number of hydrogen-bond donors (Lipinski definition) is 1. The van der Waals surface area contributed by atoms with Crippen molar-refractivity contribution in [2.45, 2.75) is 13.3 Å². The lowest BCUT2D eigenvalue weighted by Gasteiger charge is -2.21. The zero-order valence-electron chi connectivity index (χ0n) is 13.5. The maximum Gasteiger partial charge on any atom is 0.321 e. The van der Waals surface area contributed by atoms with Gasteiger partial charge in [-0.05, 0) is 37.6 Å². The molecule has 2 amide bonds. The molecule has 1 aliphatic rings. The predicted octanol–water partition coefficient (Wildman–Crippen LogP) is 3.76. The summed E-state index contributed by atoms with van der Waals surface area (Å²) in [5, 5.41) is 2.98. The van der Waals surface area contributed by atoms with Crippen molar-refractivity contribution in [3.63, 3.8) is 0 Å². The topological polar surface area (TPSA) is 54.7 Å². The molecule has 1 fully saturated rings. The number of hydrogen-bond acceptors (Lipinski definition) is 3. The number of nitrogens with one attached hydrogen (secondary N) is 1. The molecule has 122 valence electrons. The van der Waals surface area contributed by atoms with Crippen molar-refractivity contribution in [3.05, 3.63) is 42.2 Å². The van der Waals surface area contributed by atoms with Crippen molar-refractivity contribution in [2.24, 2.45) is 5.92 Å². The van der Waals surface area contributed by atoms with E-state index in [9.17, 15) is 4.79 Å². The minimum Gasteiger partial charge on any atom is -0.461 e. The fraction of sp³-hybridized carbons (Fsp3) is 0.389. The van der Waals surface area contributed by atoms with Crippen LogP contribution in [0.4, 0.5) is 10.5 Å². The summed E-state index contributed by atoms with van der Waals surface area (Å²) >= 11 is 0. The van der Waals surface area contributed by atoms with E-state index in [0.29, 0.717) is 12.5 Å². The Morgan fingerprint density at radius 2 is 2.13 bits per heavy atom. The molecule has 0 saturated carbocycles. The third kappa shape index (κ3) is 3.74. The SMILES string of the molecule is Cc1ccc(-c2ccccc2NC(=O)N(C)C[C@@H]2CCOC2)o1. The fourth-order valence-electron chi connectivity index (χ4n) is 2.79. The van der Waals surface area contributed by atoms with Crippen molar-refractivity contribution in [3.8, 4) is 11.3 Å². The molecule has 0 bridgehead atoms. The lowest BCUT2D eigenvalue weighted by atomic mass is 10.1. The summed E-state index contributed by atoms with van der Waals surface area (Å²) in [6.07, 6.45) is 1.01. The second-order valence-corrected chi connectivity index (χ2v) is 6.00. The number of furan rings is 1. The fourth-order valence-corrected chi connectivity index (χ4v) is 2.79. The summed E-state index contributed by atoms with van der Waals surface area (Å²) in [4.78, 5) is 14.1. The lowest BCUT2D eigenvalue weighted by molar-refractivity contribution is 0.175. The van der Waals surface area contributed by atoms with E-state index in [1.807, 2.05) is 50.4 Å². The Morgan fingerprint density at radius 1 is 1.30 bits per heavy atom. The van der Waals surface area contributed by atoms with Crippen molar-refractivity contribution in [1.29, 1.82) is 0 Å². The Labute approximate surface area is 136 Å². The Morgan fingerprint density at radius 3 is 2.83 bits per heavy atom. The number of anilines is 1. The molecule has 5 nitrogen and oxygen atoms in total. The van der Waals surface area contributed by atoms with Crippen molar-refractivity contribution in [2.75, 3.05) is 32.1 Å². The van der Waals surface area contributed by atoms with E-state index in [0.717, 1.165) is 42.4 Å². The zero-order chi connectivity index (χ0) is 16.2. The molecule has 1 aromatic carbocycles. The second kappa shape index (κ2) is 6.87. The molecule has 0 aliphatic carbocycles. The number of aryl methyl sites for hydroxylation is 1. The average Bonchev–Trinajstić information content (AvgIpc) is 3.19. The van der Waals surface area contributed by atoms with Gasteiger partial charge in [0.15, 0.2) is 0 Å². The van der Waals surface area contributed by atoms with Gasteiger partial charge in [-0.25, -0.2) is 4.79 Å². The molecule has 0 spiro atoms. The Hall–Kier alpha value is -2.27. The zero-order valence-corrected chi connectivity index (χ0v) is 13.5. The molecule has 1 saturated heterocycles. The number of ether oxygens (including phenoxy) is 1. The van der Waals surface area contributed by atoms with Gasteiger partial charge in [0.1, 0.15) is 11.5 Å². The first kappa shape index (κ1) is 15.6. The first-order valence-corrected chi connectivity index (χ1v) is 7.89. The normalized spacial score (nSPS) is 17.2. The van der Waals surface area contributed by atoms with Gasteiger partial charge in [-0.2, -0.15) is 0 Å². The van der Waals surface area contributed by atoms with E-state index in [-0.39, 0.29) is 6.03 Å². The van der Waals surface area contributed by atoms with E-state index in [1.54, 1.807) is 4.90 Å². The number of amides is 2. The summed E-state index contributed by atoms with van der Waals surface area (Å²) in [7, 11) is 1.81. The molecule has 1 atom stereocenters. The molecule has 0 radical (unpaired) electrons. The highest BCUT2D eigenvalue weighted by Gasteiger charge is 2.20. The van der Waals surface area contributed by atoms with E-state index >= 15 is 0 Å². The van der Waals surface area contributed by atoms with Crippen molar-refractivity contribution in [1.82, 2.24) is 4.90 Å². The minimum atomic E-state index is -0.118. The van der Waals surface area contributed by atoms with Crippen LogP contribution in [0.5, 0.6) is 0 Å². The standard InChI is InChI=1S/C18H22N2O3/c1-13-7-8-17(23-13)15-5-3-4-6-16(15)19-18(21)20(2)11-14-9-10-22-12-14/h3-8,14H,9-12H2,1-2H3,(H,19,21)/t14-/m0/s1. The first-order valence-electron chi connectivity index (χ1n) is 7.89. The quantitative estimate of drug-likeness (QED) is 0.935. The monoisotopic (exact) mass is 314 g/mol. The summed E-state index contributed by atoms with van der Waals surface area (Å²) in [5.74, 6) is 2.03. The van der Waals surface area contributed by atoms with Crippen LogP contribution in [0, 0.1) is 12.8 Å². The molecule has 1 N–H and O–H groups in total. The van der Waals surface area contributed by atoms with Crippen LogP contribution in [0.3, 0.4) is 0 Å². The molecule has 3 rings (SSSR count). The van der Waals surface area contributed by atoms with Gasteiger partial charge in [-0.3, -0.25) is 0 Å². The number of carbonyl (C=O) groups is 1. The van der Waals surface area contributed by atoms with E-state index in [1.165, 1.54) is 0 Å². The van der Waals surface area contributed by atoms with E-state index < -0.39 is 0 Å². The summed E-state index contributed by atoms with van der Waals surface area (Å²) < 4.78 is 11.0. The molecule has 23 heavy (non-hydrogen) atoms. The Bertz CT molecular complexity index is 674. The number of urea groups is 1. The highest BCUT2D eigenvalue weighted by molar-refractivity contribution is 5.93. The lowest BCUT2D eigenvalue weighted by Crippen LogP contribution is -2.35. The van der Waals surface area contributed by atoms with Gasteiger partial charge in [-0.15, -0.1) is 0 Å². The van der Waals surface area contributed by atoms with E-state index in [4.69, 9.17) is 9.15 Å². The van der Waals surface area contributed by atoms with Crippen LogP contribution < -0.4 is 5.32 Å². The smallest absolute Gasteiger partial charge is 0.321 e. The van der Waals surface area contributed by atoms with Crippen LogP contribution in [0.1, 0.15) is 12.2 Å². The highest BCUT2D eigenvalue weighted by Crippen LogP contribution is 2.29. The molecular weight excluding hydrogens is 292 g/mol. The van der Waals surface area contributed by atoms with Crippen molar-refractivity contribution >= 4 is 11.7 Å². The highest BCUT2D eigenvalue weighted by atomic mass is 16.5. The maximum atomic E-state index is 12.4. The minimum absolute atomic E-state index is 0.118. The van der Waals surface area contributed by atoms with Crippen molar-refractivity contribution < 1.29 is 13.9 Å². The van der Waals surface area contributed by atoms with Crippen LogP contribution in [0.2, 0.25) is 0 Å². The number of benzene rings is 1. The van der Waals surface area contributed by atoms with Gasteiger partial charge < -0.3 is 19.4 Å². The molecule has 2 heterocycles. The van der Waals surface area contributed by atoms with Gasteiger partial charge in [-0.1, -0.05) is 12.1 Å². The van der Waals surface area contributed by atoms with Crippen LogP contribution in [0.25, 0.3) is 11.3 Å². The average molecular weight is 314 g/mol. The Kier molecular flexibility index (Phi) is 4.67. The third-order valence-corrected chi connectivity index (χ3v) is 4.08. The summed E-state index contributed by atoms with van der Waals surface area (Å²) in [6.45, 7) is 4.14. The molecule has 1 aromatic heterocycles. The van der Waals surface area contributed by atoms with Crippen LogP contribution in [-0.2, 0) is 4.74 Å². The summed E-state index contributed by atoms with van der Waals surface area (Å²) in [5.41, 5.74) is 1.63. The molecular formula is C18H22N2O3.